The van der Waals surface area contributed by atoms with Crippen molar-refractivity contribution < 1.29 is 19.8 Å². The fraction of sp³-hybridized carbons (Fsp3) is 0.385. The molecule has 0 amide bonds. The van der Waals surface area contributed by atoms with Crippen molar-refractivity contribution in [3.05, 3.63) is 35.9 Å². The van der Waals surface area contributed by atoms with E-state index in [2.05, 4.69) is 0 Å². The Labute approximate surface area is 98.9 Å². The van der Waals surface area contributed by atoms with Gasteiger partial charge in [0, 0.05) is 13.0 Å². The first kappa shape index (κ1) is 12.0. The van der Waals surface area contributed by atoms with Crippen molar-refractivity contribution in [2.45, 2.75) is 18.9 Å². The van der Waals surface area contributed by atoms with Gasteiger partial charge in [-0.3, -0.25) is 9.59 Å². The Morgan fingerprint density at radius 1 is 1.29 bits per heavy atom. The molecule has 2 rings (SSSR count). The third-order valence-corrected chi connectivity index (χ3v) is 3.53. The van der Waals surface area contributed by atoms with E-state index in [0.29, 0.717) is 5.56 Å². The molecular formula is C13H14O4. The first-order valence-corrected chi connectivity index (χ1v) is 5.46. The highest BCUT2D eigenvalue weighted by atomic mass is 16.3. The number of hydrogen-bond donors (Lipinski definition) is 2. The number of carbonyl (C=O) groups excluding carboxylic acids is 2. The van der Waals surface area contributed by atoms with E-state index in [0.717, 1.165) is 0 Å². The van der Waals surface area contributed by atoms with Crippen LogP contribution in [0.15, 0.2) is 30.3 Å². The Morgan fingerprint density at radius 3 is 2.41 bits per heavy atom. The maximum Gasteiger partial charge on any atom is 0.187 e. The standard InChI is InChI=1S/C13H14O4/c1-12(10(15)7-8-14)11(16)13(12,17)9-5-3-2-4-6-9/h2-6,14,17H,7-8H2,1H3. The first-order chi connectivity index (χ1) is 7.99. The Kier molecular flexibility index (Phi) is 2.64. The topological polar surface area (TPSA) is 74.6 Å². The second-order valence-corrected chi connectivity index (χ2v) is 4.43. The Morgan fingerprint density at radius 2 is 1.88 bits per heavy atom. The average Bonchev–Trinajstić information content (AvgIpc) is 2.80. The molecule has 0 bridgehead atoms. The van der Waals surface area contributed by atoms with Crippen LogP contribution in [0.4, 0.5) is 0 Å². The van der Waals surface area contributed by atoms with E-state index in [9.17, 15) is 14.7 Å². The van der Waals surface area contributed by atoms with Gasteiger partial charge in [-0.15, -0.1) is 0 Å². The molecule has 1 aromatic carbocycles. The Balaban J connectivity index is 2.37. The average molecular weight is 234 g/mol. The minimum absolute atomic E-state index is 0.114. The summed E-state index contributed by atoms with van der Waals surface area (Å²) in [5.41, 5.74) is -2.70. The zero-order valence-electron chi connectivity index (χ0n) is 9.51. The summed E-state index contributed by atoms with van der Waals surface area (Å²) in [6, 6.07) is 8.42. The van der Waals surface area contributed by atoms with Gasteiger partial charge in [0.25, 0.3) is 0 Å². The van der Waals surface area contributed by atoms with Crippen LogP contribution in [0.25, 0.3) is 0 Å². The van der Waals surface area contributed by atoms with Crippen molar-refractivity contribution in [2.75, 3.05) is 6.61 Å². The number of hydrogen-bond acceptors (Lipinski definition) is 4. The van der Waals surface area contributed by atoms with E-state index in [1.165, 1.54) is 6.92 Å². The number of ketones is 2. The summed E-state index contributed by atoms with van der Waals surface area (Å²) in [5, 5.41) is 19.1. The summed E-state index contributed by atoms with van der Waals surface area (Å²) in [5.74, 6) is -0.911. The van der Waals surface area contributed by atoms with Gasteiger partial charge in [-0.1, -0.05) is 30.3 Å². The first-order valence-electron chi connectivity index (χ1n) is 5.46. The molecule has 2 unspecified atom stereocenters. The number of rotatable bonds is 4. The van der Waals surface area contributed by atoms with E-state index in [4.69, 9.17) is 5.11 Å². The molecule has 90 valence electrons. The molecule has 4 heteroatoms. The zero-order chi connectivity index (χ0) is 12.7. The lowest BCUT2D eigenvalue weighted by Crippen LogP contribution is -2.24. The quantitative estimate of drug-likeness (QED) is 0.740. The summed E-state index contributed by atoms with van der Waals surface area (Å²) < 4.78 is 0. The van der Waals surface area contributed by atoms with Crippen molar-refractivity contribution in [1.29, 1.82) is 0 Å². The zero-order valence-corrected chi connectivity index (χ0v) is 9.51. The third kappa shape index (κ3) is 1.38. The predicted octanol–water partition coefficient (Wildman–Crippen LogP) is 0.415. The highest BCUT2D eigenvalue weighted by Crippen LogP contribution is 2.59. The van der Waals surface area contributed by atoms with Crippen LogP contribution in [-0.4, -0.2) is 28.4 Å². The van der Waals surface area contributed by atoms with Crippen LogP contribution in [0, 0.1) is 5.41 Å². The molecule has 0 saturated heterocycles. The van der Waals surface area contributed by atoms with E-state index in [-0.39, 0.29) is 13.0 Å². The number of benzene rings is 1. The number of Topliss-reactive ketones (excluding diaryl/α,β-unsaturated/α-hetero) is 2. The monoisotopic (exact) mass is 234 g/mol. The van der Waals surface area contributed by atoms with Crippen molar-refractivity contribution in [3.63, 3.8) is 0 Å². The fourth-order valence-corrected chi connectivity index (χ4v) is 2.26. The second-order valence-electron chi connectivity index (χ2n) is 4.43. The van der Waals surface area contributed by atoms with E-state index in [1.807, 2.05) is 0 Å². The Hall–Kier alpha value is -1.52. The minimum Gasteiger partial charge on any atom is -0.396 e. The summed E-state index contributed by atoms with van der Waals surface area (Å²) in [6.45, 7) is 1.12. The van der Waals surface area contributed by atoms with Crippen LogP contribution in [0.3, 0.4) is 0 Å². The van der Waals surface area contributed by atoms with Gasteiger partial charge in [-0.2, -0.15) is 0 Å². The molecule has 2 N–H and O–H groups in total. The Bertz CT molecular complexity index is 468. The maximum absolute atomic E-state index is 11.8. The number of carbonyl (C=O) groups is 2. The molecule has 0 spiro atoms. The van der Waals surface area contributed by atoms with Crippen LogP contribution in [0.5, 0.6) is 0 Å². The van der Waals surface area contributed by atoms with Gasteiger partial charge >= 0.3 is 0 Å². The van der Waals surface area contributed by atoms with Gasteiger partial charge in [-0.25, -0.2) is 0 Å². The summed E-state index contributed by atoms with van der Waals surface area (Å²) in [4.78, 5) is 23.6. The molecule has 17 heavy (non-hydrogen) atoms. The van der Waals surface area contributed by atoms with Crippen molar-refractivity contribution in [3.8, 4) is 0 Å². The van der Waals surface area contributed by atoms with Gasteiger partial charge in [0.15, 0.2) is 17.2 Å². The largest absolute Gasteiger partial charge is 0.396 e. The van der Waals surface area contributed by atoms with Gasteiger partial charge < -0.3 is 10.2 Å². The van der Waals surface area contributed by atoms with E-state index in [1.54, 1.807) is 30.3 Å². The SMILES string of the molecule is CC1(C(=O)CCO)C(=O)C1(O)c1ccccc1. The van der Waals surface area contributed by atoms with Crippen molar-refractivity contribution in [1.82, 2.24) is 0 Å². The van der Waals surface area contributed by atoms with Crippen LogP contribution >= 0.6 is 0 Å². The van der Waals surface area contributed by atoms with Crippen LogP contribution < -0.4 is 0 Å². The molecule has 2 atom stereocenters. The van der Waals surface area contributed by atoms with Gasteiger partial charge in [0.05, 0.1) is 0 Å². The smallest absolute Gasteiger partial charge is 0.187 e. The van der Waals surface area contributed by atoms with Crippen LogP contribution in [-0.2, 0) is 15.2 Å². The minimum atomic E-state index is -1.72. The molecular weight excluding hydrogens is 220 g/mol. The lowest BCUT2D eigenvalue weighted by Gasteiger charge is -2.13. The summed E-state index contributed by atoms with van der Waals surface area (Å²) in [7, 11) is 0. The van der Waals surface area contributed by atoms with Crippen LogP contribution in [0.2, 0.25) is 0 Å². The van der Waals surface area contributed by atoms with Crippen molar-refractivity contribution >= 4 is 11.6 Å². The molecule has 1 aliphatic rings. The molecule has 1 aromatic rings. The molecule has 0 radical (unpaired) electrons. The number of aliphatic hydroxyl groups is 2. The van der Waals surface area contributed by atoms with Crippen LogP contribution in [0.1, 0.15) is 18.9 Å². The molecule has 1 fully saturated rings. The lowest BCUT2D eigenvalue weighted by atomic mass is 9.92. The summed E-state index contributed by atoms with van der Waals surface area (Å²) in [6.07, 6.45) is -0.114. The normalized spacial score (nSPS) is 31.4. The van der Waals surface area contributed by atoms with Gasteiger partial charge in [-0.05, 0) is 12.5 Å². The molecule has 0 heterocycles. The third-order valence-electron chi connectivity index (χ3n) is 3.53. The van der Waals surface area contributed by atoms with E-state index >= 15 is 0 Å². The second kappa shape index (κ2) is 3.75. The van der Waals surface area contributed by atoms with Gasteiger partial charge in [0.2, 0.25) is 0 Å². The highest BCUT2D eigenvalue weighted by molar-refractivity contribution is 6.26. The highest BCUT2D eigenvalue weighted by Gasteiger charge is 2.78. The van der Waals surface area contributed by atoms with E-state index < -0.39 is 22.6 Å². The summed E-state index contributed by atoms with van der Waals surface area (Å²) >= 11 is 0. The lowest BCUT2D eigenvalue weighted by molar-refractivity contribution is -0.128. The fourth-order valence-electron chi connectivity index (χ4n) is 2.26. The predicted molar refractivity (Wildman–Crippen MR) is 60.2 cm³/mol. The maximum atomic E-state index is 11.8. The van der Waals surface area contributed by atoms with Gasteiger partial charge in [0.1, 0.15) is 5.41 Å². The molecule has 0 aliphatic heterocycles. The molecule has 0 aromatic heterocycles. The molecule has 1 aliphatic carbocycles. The number of aliphatic hydroxyl groups excluding tert-OH is 1. The van der Waals surface area contributed by atoms with Crippen molar-refractivity contribution in [2.24, 2.45) is 5.41 Å². The molecule has 1 saturated carbocycles. The molecule has 4 nitrogen and oxygen atoms in total.